The molecule has 0 aliphatic carbocycles. The fourth-order valence-electron chi connectivity index (χ4n) is 4.07. The van der Waals surface area contributed by atoms with Gasteiger partial charge in [0.25, 0.3) is 0 Å². The maximum atomic E-state index is 14.3. The van der Waals surface area contributed by atoms with Crippen molar-refractivity contribution in [2.24, 2.45) is 0 Å². The van der Waals surface area contributed by atoms with Gasteiger partial charge in [0, 0.05) is 38.3 Å². The van der Waals surface area contributed by atoms with Gasteiger partial charge in [0.05, 0.1) is 11.9 Å². The van der Waals surface area contributed by atoms with E-state index in [1.807, 2.05) is 6.07 Å². The van der Waals surface area contributed by atoms with E-state index in [9.17, 15) is 9.65 Å². The van der Waals surface area contributed by atoms with Crippen molar-refractivity contribution in [2.75, 3.05) is 37.6 Å². The summed E-state index contributed by atoms with van der Waals surface area (Å²) in [7, 11) is 0. The molecule has 27 heavy (non-hydrogen) atoms. The Bertz CT molecular complexity index is 808. The van der Waals surface area contributed by atoms with Gasteiger partial charge in [-0.15, -0.1) is 37.2 Å². The first kappa shape index (κ1) is 23.7. The standard InChI is InChI=1S/C17H21FN6.3ClH/c1-12-10-22(11-14-4-5-20-6-7-23(12)14)16-3-2-13(8-19)24-17(16)15(18)9-21-24;;;/h2-3,9,12,14,20H,4-7,10-11H2,1H3;3*1H/t12-,14+;;;/m1.../s1. The summed E-state index contributed by atoms with van der Waals surface area (Å²) in [6.07, 6.45) is 2.28. The summed E-state index contributed by atoms with van der Waals surface area (Å²) in [6, 6.07) is 6.53. The van der Waals surface area contributed by atoms with Gasteiger partial charge in [-0.05, 0) is 32.0 Å². The Kier molecular flexibility index (Phi) is 8.58. The van der Waals surface area contributed by atoms with Crippen molar-refractivity contribution >= 4 is 48.4 Å². The predicted octanol–water partition coefficient (Wildman–Crippen LogP) is 2.48. The summed E-state index contributed by atoms with van der Waals surface area (Å²) >= 11 is 0. The number of nitrogens with zero attached hydrogens (tertiary/aromatic N) is 5. The van der Waals surface area contributed by atoms with E-state index in [4.69, 9.17) is 0 Å². The van der Waals surface area contributed by atoms with Gasteiger partial charge in [-0.2, -0.15) is 10.4 Å². The van der Waals surface area contributed by atoms with Gasteiger partial charge >= 0.3 is 0 Å². The van der Waals surface area contributed by atoms with Crippen molar-refractivity contribution in [2.45, 2.75) is 25.4 Å². The molecule has 0 saturated carbocycles. The number of nitrogens with one attached hydrogen (secondary N) is 1. The van der Waals surface area contributed by atoms with Gasteiger partial charge in [-0.25, -0.2) is 8.91 Å². The number of halogens is 4. The molecular weight excluding hydrogens is 414 g/mol. The van der Waals surface area contributed by atoms with Crippen molar-refractivity contribution in [3.05, 3.63) is 29.8 Å². The minimum atomic E-state index is -0.375. The molecule has 150 valence electrons. The lowest BCUT2D eigenvalue weighted by atomic mass is 10.0. The summed E-state index contributed by atoms with van der Waals surface area (Å²) in [5.41, 5.74) is 1.58. The van der Waals surface area contributed by atoms with Crippen LogP contribution in [0.4, 0.5) is 10.1 Å². The molecule has 0 spiro atoms. The Morgan fingerprint density at radius 2 is 2.00 bits per heavy atom. The molecule has 2 atom stereocenters. The van der Waals surface area contributed by atoms with Crippen LogP contribution in [-0.4, -0.2) is 59.3 Å². The van der Waals surface area contributed by atoms with Gasteiger partial charge < -0.3 is 10.2 Å². The van der Waals surface area contributed by atoms with Crippen LogP contribution in [0.25, 0.3) is 5.52 Å². The van der Waals surface area contributed by atoms with E-state index >= 15 is 0 Å². The van der Waals surface area contributed by atoms with Crippen LogP contribution in [0, 0.1) is 17.1 Å². The van der Waals surface area contributed by atoms with Crippen LogP contribution in [-0.2, 0) is 0 Å². The molecule has 0 bridgehead atoms. The second-order valence-electron chi connectivity index (χ2n) is 6.65. The molecule has 1 N–H and O–H groups in total. The molecule has 2 saturated heterocycles. The molecule has 10 heteroatoms. The Balaban J connectivity index is 0.00000121. The predicted molar refractivity (Wildman–Crippen MR) is 111 cm³/mol. The zero-order valence-corrected chi connectivity index (χ0v) is 17.4. The monoisotopic (exact) mass is 436 g/mol. The number of aromatic nitrogens is 2. The molecule has 0 amide bonds. The van der Waals surface area contributed by atoms with E-state index in [0.29, 0.717) is 23.3 Å². The van der Waals surface area contributed by atoms with Crippen LogP contribution in [0.3, 0.4) is 0 Å². The molecule has 4 heterocycles. The lowest BCUT2D eigenvalue weighted by molar-refractivity contribution is 0.129. The van der Waals surface area contributed by atoms with Gasteiger partial charge in [0.1, 0.15) is 17.3 Å². The average Bonchev–Trinajstić information content (AvgIpc) is 2.82. The molecular formula is C17H24Cl3FN6. The summed E-state index contributed by atoms with van der Waals surface area (Å²) in [5, 5.41) is 16.7. The minimum absolute atomic E-state index is 0. The quantitative estimate of drug-likeness (QED) is 0.743. The normalized spacial score (nSPS) is 22.5. The molecule has 2 aliphatic heterocycles. The first-order valence-corrected chi connectivity index (χ1v) is 8.47. The lowest BCUT2D eigenvalue weighted by Crippen LogP contribution is -2.58. The van der Waals surface area contributed by atoms with Crippen LogP contribution in [0.5, 0.6) is 0 Å². The van der Waals surface area contributed by atoms with E-state index in [1.54, 1.807) is 6.07 Å². The van der Waals surface area contributed by atoms with Crippen molar-refractivity contribution in [1.29, 1.82) is 5.26 Å². The molecule has 4 rings (SSSR count). The number of nitriles is 1. The molecule has 0 unspecified atom stereocenters. The third-order valence-corrected chi connectivity index (χ3v) is 5.20. The molecule has 2 fully saturated rings. The number of fused-ring (bicyclic) bond motifs is 2. The third kappa shape index (κ3) is 4.25. The largest absolute Gasteiger partial charge is 0.367 e. The van der Waals surface area contributed by atoms with Crippen molar-refractivity contribution in [1.82, 2.24) is 19.8 Å². The minimum Gasteiger partial charge on any atom is -0.367 e. The van der Waals surface area contributed by atoms with Crippen molar-refractivity contribution in [3.8, 4) is 6.07 Å². The first-order chi connectivity index (χ1) is 11.7. The van der Waals surface area contributed by atoms with Crippen molar-refractivity contribution in [3.63, 3.8) is 0 Å². The number of piperazine rings is 1. The highest BCUT2D eigenvalue weighted by atomic mass is 35.5. The van der Waals surface area contributed by atoms with E-state index in [0.717, 1.165) is 44.8 Å². The van der Waals surface area contributed by atoms with Crippen LogP contribution in [0.15, 0.2) is 18.3 Å². The van der Waals surface area contributed by atoms with Crippen LogP contribution in [0.2, 0.25) is 0 Å². The number of hydrogen-bond donors (Lipinski definition) is 1. The van der Waals surface area contributed by atoms with Gasteiger partial charge in [0.2, 0.25) is 0 Å². The Hall–Kier alpha value is -1.30. The molecule has 2 aromatic rings. The third-order valence-electron chi connectivity index (χ3n) is 5.20. The van der Waals surface area contributed by atoms with E-state index < -0.39 is 0 Å². The number of anilines is 1. The zero-order valence-electron chi connectivity index (χ0n) is 15.0. The second kappa shape index (κ2) is 9.76. The Labute approximate surface area is 176 Å². The van der Waals surface area contributed by atoms with Gasteiger partial charge in [-0.1, -0.05) is 0 Å². The van der Waals surface area contributed by atoms with E-state index in [2.05, 4.69) is 33.2 Å². The van der Waals surface area contributed by atoms with E-state index in [1.165, 1.54) is 10.7 Å². The molecule has 0 radical (unpaired) electrons. The highest BCUT2D eigenvalue weighted by Crippen LogP contribution is 2.30. The van der Waals surface area contributed by atoms with E-state index in [-0.39, 0.29) is 43.0 Å². The number of pyridine rings is 1. The topological polar surface area (TPSA) is 59.6 Å². The van der Waals surface area contributed by atoms with Gasteiger partial charge in [0.15, 0.2) is 5.82 Å². The average molecular weight is 438 g/mol. The maximum absolute atomic E-state index is 14.3. The number of rotatable bonds is 1. The second-order valence-corrected chi connectivity index (χ2v) is 6.65. The lowest BCUT2D eigenvalue weighted by Gasteiger charge is -2.46. The molecule has 2 aromatic heterocycles. The fraction of sp³-hybridized carbons (Fsp3) is 0.529. The maximum Gasteiger partial charge on any atom is 0.171 e. The molecule has 2 aliphatic rings. The summed E-state index contributed by atoms with van der Waals surface area (Å²) < 4.78 is 15.7. The van der Waals surface area contributed by atoms with Crippen LogP contribution in [0.1, 0.15) is 19.0 Å². The first-order valence-electron chi connectivity index (χ1n) is 8.47. The Morgan fingerprint density at radius 1 is 1.22 bits per heavy atom. The molecule has 0 aromatic carbocycles. The van der Waals surface area contributed by atoms with Gasteiger partial charge in [-0.3, -0.25) is 4.90 Å². The summed E-state index contributed by atoms with van der Waals surface area (Å²) in [4.78, 5) is 4.81. The summed E-state index contributed by atoms with van der Waals surface area (Å²) in [5.74, 6) is -0.375. The SMILES string of the molecule is C[C@@H]1CN(c2ccc(C#N)n3ncc(F)c23)C[C@@H]2CCNCCN21.Cl.Cl.Cl. The summed E-state index contributed by atoms with van der Waals surface area (Å²) in [6.45, 7) is 7.06. The highest BCUT2D eigenvalue weighted by molar-refractivity contribution is 5.86. The number of hydrogen-bond acceptors (Lipinski definition) is 5. The smallest absolute Gasteiger partial charge is 0.171 e. The van der Waals surface area contributed by atoms with Crippen LogP contribution >= 0.6 is 37.2 Å². The van der Waals surface area contributed by atoms with Crippen LogP contribution < -0.4 is 10.2 Å². The fourth-order valence-corrected chi connectivity index (χ4v) is 4.07. The molecule has 6 nitrogen and oxygen atoms in total. The zero-order chi connectivity index (χ0) is 16.7. The van der Waals surface area contributed by atoms with Crippen molar-refractivity contribution < 1.29 is 4.39 Å². The Morgan fingerprint density at radius 3 is 2.74 bits per heavy atom. The highest BCUT2D eigenvalue weighted by Gasteiger charge is 2.33.